The molecule has 1 aromatic heterocycles. The fourth-order valence-electron chi connectivity index (χ4n) is 2.59. The first-order valence-corrected chi connectivity index (χ1v) is 6.76. The second-order valence-electron chi connectivity index (χ2n) is 4.79. The van der Waals surface area contributed by atoms with Gasteiger partial charge in [0, 0.05) is 26.1 Å². The molecule has 1 atom stereocenters. The van der Waals surface area contributed by atoms with Crippen molar-refractivity contribution in [3.63, 3.8) is 0 Å². The van der Waals surface area contributed by atoms with Crippen molar-refractivity contribution in [2.75, 3.05) is 26.3 Å². The van der Waals surface area contributed by atoms with E-state index in [-0.39, 0.29) is 12.7 Å². The number of benzene rings is 1. The van der Waals surface area contributed by atoms with Crippen LogP contribution in [0.4, 0.5) is 0 Å². The van der Waals surface area contributed by atoms with Gasteiger partial charge in [0.1, 0.15) is 5.82 Å². The van der Waals surface area contributed by atoms with Crippen molar-refractivity contribution in [1.82, 2.24) is 14.9 Å². The van der Waals surface area contributed by atoms with Gasteiger partial charge in [0.15, 0.2) is 0 Å². The molecule has 2 N–H and O–H groups in total. The predicted molar refractivity (Wildman–Crippen MR) is 73.1 cm³/mol. The summed E-state index contributed by atoms with van der Waals surface area (Å²) in [5.74, 6) is 0.990. The second kappa shape index (κ2) is 5.69. The molecule has 0 spiro atoms. The van der Waals surface area contributed by atoms with Crippen LogP contribution in [0.15, 0.2) is 24.3 Å². The number of hydrogen-bond acceptors (Lipinski definition) is 4. The van der Waals surface area contributed by atoms with Crippen LogP contribution in [-0.2, 0) is 17.7 Å². The molecule has 2 aromatic rings. The lowest BCUT2D eigenvalue weighted by Crippen LogP contribution is -2.40. The largest absolute Gasteiger partial charge is 0.395 e. The van der Waals surface area contributed by atoms with Crippen LogP contribution in [0.5, 0.6) is 0 Å². The van der Waals surface area contributed by atoms with Gasteiger partial charge in [-0.3, -0.25) is 0 Å². The monoisotopic (exact) mass is 261 g/mol. The number of imidazole rings is 1. The molecule has 0 bridgehead atoms. The molecule has 0 amide bonds. The van der Waals surface area contributed by atoms with E-state index in [1.807, 2.05) is 24.3 Å². The van der Waals surface area contributed by atoms with Gasteiger partial charge in [-0.25, -0.2) is 4.98 Å². The Bertz CT molecular complexity index is 547. The third kappa shape index (κ3) is 2.63. The maximum atomic E-state index is 9.24. The molecule has 0 aliphatic carbocycles. The predicted octanol–water partition coefficient (Wildman–Crippen LogP) is 0.560. The van der Waals surface area contributed by atoms with Crippen LogP contribution in [-0.4, -0.2) is 47.1 Å². The highest BCUT2D eigenvalue weighted by atomic mass is 16.5. The molecule has 1 fully saturated rings. The summed E-state index contributed by atoms with van der Waals surface area (Å²) >= 11 is 0. The molecular formula is C14H19N3O2. The van der Waals surface area contributed by atoms with Crippen molar-refractivity contribution < 1.29 is 9.84 Å². The normalized spacial score (nSPS) is 19.9. The maximum Gasteiger partial charge on any atom is 0.112 e. The SMILES string of the molecule is OCCn1c(CC2CNCCO2)nc2ccccc21. The van der Waals surface area contributed by atoms with Crippen molar-refractivity contribution in [2.24, 2.45) is 0 Å². The van der Waals surface area contributed by atoms with E-state index in [1.165, 1.54) is 0 Å². The highest BCUT2D eigenvalue weighted by Gasteiger charge is 2.18. The Balaban J connectivity index is 1.90. The minimum Gasteiger partial charge on any atom is -0.395 e. The van der Waals surface area contributed by atoms with Gasteiger partial charge < -0.3 is 19.7 Å². The molecule has 5 heteroatoms. The number of nitrogens with one attached hydrogen (secondary N) is 1. The number of aliphatic hydroxyl groups excluding tert-OH is 1. The number of aromatic nitrogens is 2. The lowest BCUT2D eigenvalue weighted by molar-refractivity contribution is 0.0275. The van der Waals surface area contributed by atoms with Crippen molar-refractivity contribution in [2.45, 2.75) is 19.1 Å². The van der Waals surface area contributed by atoms with E-state index in [2.05, 4.69) is 14.9 Å². The van der Waals surface area contributed by atoms with Crippen LogP contribution in [0, 0.1) is 0 Å². The van der Waals surface area contributed by atoms with Crippen LogP contribution in [0.3, 0.4) is 0 Å². The quantitative estimate of drug-likeness (QED) is 0.844. The average molecular weight is 261 g/mol. The smallest absolute Gasteiger partial charge is 0.112 e. The summed E-state index contributed by atoms with van der Waals surface area (Å²) in [7, 11) is 0. The van der Waals surface area contributed by atoms with Crippen molar-refractivity contribution in [1.29, 1.82) is 0 Å². The highest BCUT2D eigenvalue weighted by molar-refractivity contribution is 5.75. The fourth-order valence-corrected chi connectivity index (χ4v) is 2.59. The second-order valence-corrected chi connectivity index (χ2v) is 4.79. The molecular weight excluding hydrogens is 242 g/mol. The van der Waals surface area contributed by atoms with Crippen LogP contribution in [0.2, 0.25) is 0 Å². The molecule has 0 saturated carbocycles. The molecule has 5 nitrogen and oxygen atoms in total. The van der Waals surface area contributed by atoms with Gasteiger partial charge in [0.05, 0.1) is 30.4 Å². The molecule has 1 unspecified atom stereocenters. The summed E-state index contributed by atoms with van der Waals surface area (Å²) < 4.78 is 7.82. The van der Waals surface area contributed by atoms with E-state index >= 15 is 0 Å². The van der Waals surface area contributed by atoms with Crippen LogP contribution in [0.25, 0.3) is 11.0 Å². The summed E-state index contributed by atoms with van der Waals surface area (Å²) in [6, 6.07) is 8.04. The minimum absolute atomic E-state index is 0.122. The van der Waals surface area contributed by atoms with Gasteiger partial charge in [0.2, 0.25) is 0 Å². The lowest BCUT2D eigenvalue weighted by atomic mass is 10.2. The van der Waals surface area contributed by atoms with E-state index in [9.17, 15) is 5.11 Å². The lowest BCUT2D eigenvalue weighted by Gasteiger charge is -2.23. The van der Waals surface area contributed by atoms with Gasteiger partial charge in [-0.1, -0.05) is 12.1 Å². The van der Waals surface area contributed by atoms with Gasteiger partial charge in [0.25, 0.3) is 0 Å². The first-order chi connectivity index (χ1) is 9.38. The zero-order chi connectivity index (χ0) is 13.1. The molecule has 19 heavy (non-hydrogen) atoms. The zero-order valence-electron chi connectivity index (χ0n) is 10.9. The number of hydrogen-bond donors (Lipinski definition) is 2. The molecule has 1 aliphatic rings. The highest BCUT2D eigenvalue weighted by Crippen LogP contribution is 2.17. The van der Waals surface area contributed by atoms with Crippen LogP contribution >= 0.6 is 0 Å². The zero-order valence-corrected chi connectivity index (χ0v) is 10.9. The summed E-state index contributed by atoms with van der Waals surface area (Å²) in [5.41, 5.74) is 2.06. The molecule has 102 valence electrons. The van der Waals surface area contributed by atoms with Crippen molar-refractivity contribution in [3.05, 3.63) is 30.1 Å². The number of morpholine rings is 1. The summed E-state index contributed by atoms with van der Waals surface area (Å²) in [4.78, 5) is 4.67. The number of rotatable bonds is 4. The Morgan fingerprint density at radius 2 is 2.32 bits per heavy atom. The van der Waals surface area contributed by atoms with Crippen LogP contribution in [0.1, 0.15) is 5.82 Å². The summed E-state index contributed by atoms with van der Waals surface area (Å²) in [5, 5.41) is 12.6. The number of para-hydroxylation sites is 2. The third-order valence-corrected chi connectivity index (χ3v) is 3.47. The minimum atomic E-state index is 0.122. The summed E-state index contributed by atoms with van der Waals surface area (Å²) in [6.07, 6.45) is 0.949. The average Bonchev–Trinajstić information content (AvgIpc) is 2.79. The maximum absolute atomic E-state index is 9.24. The Hall–Kier alpha value is -1.43. The van der Waals surface area contributed by atoms with Crippen LogP contribution < -0.4 is 5.32 Å². The molecule has 2 heterocycles. The Morgan fingerprint density at radius 3 is 3.11 bits per heavy atom. The fraction of sp³-hybridized carbons (Fsp3) is 0.500. The standard InChI is InChI=1S/C14H19N3O2/c18-7-6-17-13-4-2-1-3-12(13)16-14(17)9-11-10-15-5-8-19-11/h1-4,11,15,18H,5-10H2. The van der Waals surface area contributed by atoms with Gasteiger partial charge >= 0.3 is 0 Å². The molecule has 1 saturated heterocycles. The molecule has 3 rings (SSSR count). The van der Waals surface area contributed by atoms with E-state index in [1.54, 1.807) is 0 Å². The molecule has 1 aliphatic heterocycles. The van der Waals surface area contributed by atoms with Gasteiger partial charge in [-0.2, -0.15) is 0 Å². The van der Waals surface area contributed by atoms with Gasteiger partial charge in [-0.05, 0) is 12.1 Å². The van der Waals surface area contributed by atoms with Gasteiger partial charge in [-0.15, -0.1) is 0 Å². The van der Waals surface area contributed by atoms with Crippen molar-refractivity contribution >= 4 is 11.0 Å². The first-order valence-electron chi connectivity index (χ1n) is 6.76. The Kier molecular flexibility index (Phi) is 3.77. The number of nitrogens with zero attached hydrogens (tertiary/aromatic N) is 2. The topological polar surface area (TPSA) is 59.3 Å². The van der Waals surface area contributed by atoms with E-state index in [0.717, 1.165) is 43.0 Å². The van der Waals surface area contributed by atoms with Crippen molar-refractivity contribution in [3.8, 4) is 0 Å². The van der Waals surface area contributed by atoms with E-state index < -0.39 is 0 Å². The number of fused-ring (bicyclic) bond motifs is 1. The van der Waals surface area contributed by atoms with E-state index in [4.69, 9.17) is 4.74 Å². The third-order valence-electron chi connectivity index (χ3n) is 3.47. The first kappa shape index (κ1) is 12.6. The summed E-state index contributed by atoms with van der Waals surface area (Å²) in [6.45, 7) is 3.24. The number of ether oxygens (including phenoxy) is 1. The number of aliphatic hydroxyl groups is 1. The van der Waals surface area contributed by atoms with E-state index in [0.29, 0.717) is 6.54 Å². The Labute approximate surface area is 112 Å². The Morgan fingerprint density at radius 1 is 1.42 bits per heavy atom. The molecule has 1 aromatic carbocycles. The molecule has 0 radical (unpaired) electrons.